The van der Waals surface area contributed by atoms with Crippen molar-refractivity contribution < 1.29 is 23.1 Å². The van der Waals surface area contributed by atoms with Crippen LogP contribution >= 0.6 is 11.6 Å². The van der Waals surface area contributed by atoms with Gasteiger partial charge in [0.1, 0.15) is 11.8 Å². The van der Waals surface area contributed by atoms with Gasteiger partial charge >= 0.3 is 5.97 Å². The van der Waals surface area contributed by atoms with Crippen LogP contribution in [0.5, 0.6) is 5.75 Å². The molecule has 134 valence electrons. The van der Waals surface area contributed by atoms with Gasteiger partial charge in [0.2, 0.25) is 10.0 Å². The number of benzene rings is 2. The van der Waals surface area contributed by atoms with E-state index in [1.807, 2.05) is 0 Å². The molecule has 0 saturated heterocycles. The number of carbonyl (C=O) groups is 1. The van der Waals surface area contributed by atoms with E-state index in [0.717, 1.165) is 0 Å². The topological polar surface area (TPSA) is 92.7 Å². The third-order valence-electron chi connectivity index (χ3n) is 3.37. The minimum absolute atomic E-state index is 0.00287. The Morgan fingerprint density at radius 1 is 1.16 bits per heavy atom. The Kier molecular flexibility index (Phi) is 6.41. The molecule has 0 aliphatic heterocycles. The van der Waals surface area contributed by atoms with Crippen molar-refractivity contribution in [1.29, 1.82) is 0 Å². The minimum atomic E-state index is -3.93. The van der Waals surface area contributed by atoms with Crippen LogP contribution in [-0.4, -0.2) is 32.1 Å². The number of phenolic OH excluding ortho intramolecular Hbond substituents is 1. The Balaban J connectivity index is 2.24. The minimum Gasteiger partial charge on any atom is -0.508 e. The molecule has 6 nitrogen and oxygen atoms in total. The molecule has 0 radical (unpaired) electrons. The van der Waals surface area contributed by atoms with Crippen molar-refractivity contribution in [3.05, 3.63) is 59.1 Å². The maximum absolute atomic E-state index is 12.5. The number of carbonyl (C=O) groups excluding carboxylic acids is 1. The number of nitrogens with one attached hydrogen (secondary N) is 1. The third kappa shape index (κ3) is 5.45. The normalized spacial score (nSPS) is 12.6. The van der Waals surface area contributed by atoms with E-state index in [4.69, 9.17) is 16.3 Å². The molecule has 0 saturated carbocycles. The monoisotopic (exact) mass is 383 g/mol. The number of esters is 1. The molecule has 0 heterocycles. The van der Waals surface area contributed by atoms with Gasteiger partial charge in [0.05, 0.1) is 11.5 Å². The van der Waals surface area contributed by atoms with Gasteiger partial charge in [-0.25, -0.2) is 8.42 Å². The lowest BCUT2D eigenvalue weighted by Crippen LogP contribution is -2.43. The standard InChI is InChI=1S/C17H18ClNO5S/c1-2-24-17(21)16(11-12-3-7-14(20)8-4-12)19-25(22,23)15-9-5-13(18)6-10-15/h3-10,16,19-20H,2,11H2,1H3. The van der Waals surface area contributed by atoms with E-state index < -0.39 is 22.0 Å². The summed E-state index contributed by atoms with van der Waals surface area (Å²) in [4.78, 5) is 12.2. The fraction of sp³-hybridized carbons (Fsp3) is 0.235. The summed E-state index contributed by atoms with van der Waals surface area (Å²) < 4.78 is 32.3. The summed E-state index contributed by atoms with van der Waals surface area (Å²) in [7, 11) is -3.93. The van der Waals surface area contributed by atoms with Crippen LogP contribution in [0.2, 0.25) is 5.02 Å². The van der Waals surface area contributed by atoms with Crippen LogP contribution in [0.25, 0.3) is 0 Å². The first-order valence-electron chi connectivity index (χ1n) is 7.54. The first kappa shape index (κ1) is 19.2. The molecule has 25 heavy (non-hydrogen) atoms. The van der Waals surface area contributed by atoms with Gasteiger partial charge in [-0.3, -0.25) is 4.79 Å². The van der Waals surface area contributed by atoms with Gasteiger partial charge in [-0.05, 0) is 55.3 Å². The second-order valence-electron chi connectivity index (χ2n) is 5.25. The van der Waals surface area contributed by atoms with E-state index in [-0.39, 0.29) is 23.7 Å². The summed E-state index contributed by atoms with van der Waals surface area (Å²) in [5.74, 6) is -0.591. The van der Waals surface area contributed by atoms with Crippen LogP contribution in [0.4, 0.5) is 0 Å². The molecule has 2 aromatic carbocycles. The van der Waals surface area contributed by atoms with E-state index in [1.165, 1.54) is 36.4 Å². The fourth-order valence-corrected chi connectivity index (χ4v) is 3.46. The maximum atomic E-state index is 12.5. The number of aromatic hydroxyl groups is 1. The molecule has 0 bridgehead atoms. The number of halogens is 1. The summed E-state index contributed by atoms with van der Waals surface area (Å²) in [6, 6.07) is 10.7. The van der Waals surface area contributed by atoms with Crippen LogP contribution < -0.4 is 4.72 Å². The van der Waals surface area contributed by atoms with Crippen molar-refractivity contribution >= 4 is 27.6 Å². The quantitative estimate of drug-likeness (QED) is 0.716. The zero-order valence-electron chi connectivity index (χ0n) is 13.5. The largest absolute Gasteiger partial charge is 0.508 e. The lowest BCUT2D eigenvalue weighted by molar-refractivity contribution is -0.145. The lowest BCUT2D eigenvalue weighted by atomic mass is 10.1. The van der Waals surface area contributed by atoms with Crippen molar-refractivity contribution in [1.82, 2.24) is 4.72 Å². The number of ether oxygens (including phenoxy) is 1. The molecule has 0 amide bonds. The number of sulfonamides is 1. The molecule has 0 fully saturated rings. The highest BCUT2D eigenvalue weighted by Gasteiger charge is 2.27. The molecule has 0 aliphatic rings. The summed E-state index contributed by atoms with van der Waals surface area (Å²) >= 11 is 5.77. The molecule has 1 unspecified atom stereocenters. The lowest BCUT2D eigenvalue weighted by Gasteiger charge is -2.17. The summed E-state index contributed by atoms with van der Waals surface area (Å²) in [5.41, 5.74) is 0.676. The predicted octanol–water partition coefficient (Wildman–Crippen LogP) is 2.50. The fourth-order valence-electron chi connectivity index (χ4n) is 2.15. The van der Waals surface area contributed by atoms with Gasteiger partial charge in [-0.15, -0.1) is 0 Å². The van der Waals surface area contributed by atoms with Crippen LogP contribution in [0.3, 0.4) is 0 Å². The maximum Gasteiger partial charge on any atom is 0.324 e. The summed E-state index contributed by atoms with van der Waals surface area (Å²) in [6.07, 6.45) is 0.0892. The van der Waals surface area contributed by atoms with Crippen LogP contribution in [0.15, 0.2) is 53.4 Å². The predicted molar refractivity (Wildman–Crippen MR) is 94.0 cm³/mol. The van der Waals surface area contributed by atoms with Gasteiger partial charge < -0.3 is 9.84 Å². The molecule has 1 atom stereocenters. The molecule has 0 spiro atoms. The van der Waals surface area contributed by atoms with Gasteiger partial charge in [0.15, 0.2) is 0 Å². The van der Waals surface area contributed by atoms with Crippen LogP contribution in [0, 0.1) is 0 Å². The second-order valence-corrected chi connectivity index (χ2v) is 7.40. The first-order chi connectivity index (χ1) is 11.8. The van der Waals surface area contributed by atoms with E-state index in [0.29, 0.717) is 10.6 Å². The average Bonchev–Trinajstić information content (AvgIpc) is 2.56. The van der Waals surface area contributed by atoms with E-state index in [9.17, 15) is 18.3 Å². The molecule has 0 aromatic heterocycles. The summed E-state index contributed by atoms with van der Waals surface area (Å²) in [6.45, 7) is 1.77. The molecular weight excluding hydrogens is 366 g/mol. The van der Waals surface area contributed by atoms with Crippen molar-refractivity contribution in [2.24, 2.45) is 0 Å². The second kappa shape index (κ2) is 8.33. The van der Waals surface area contributed by atoms with Gasteiger partial charge in [-0.1, -0.05) is 23.7 Å². The third-order valence-corrected chi connectivity index (χ3v) is 5.11. The highest BCUT2D eigenvalue weighted by Crippen LogP contribution is 2.16. The Labute approximate surface area is 151 Å². The van der Waals surface area contributed by atoms with Gasteiger partial charge in [-0.2, -0.15) is 4.72 Å². The van der Waals surface area contributed by atoms with E-state index in [2.05, 4.69) is 4.72 Å². The Hall–Kier alpha value is -2.09. The molecule has 8 heteroatoms. The highest BCUT2D eigenvalue weighted by atomic mass is 35.5. The van der Waals surface area contributed by atoms with Crippen molar-refractivity contribution in [2.75, 3.05) is 6.61 Å². The van der Waals surface area contributed by atoms with Crippen molar-refractivity contribution in [3.63, 3.8) is 0 Å². The number of hydrogen-bond donors (Lipinski definition) is 2. The Bertz CT molecular complexity index is 819. The highest BCUT2D eigenvalue weighted by molar-refractivity contribution is 7.89. The smallest absolute Gasteiger partial charge is 0.324 e. The average molecular weight is 384 g/mol. The van der Waals surface area contributed by atoms with E-state index in [1.54, 1.807) is 19.1 Å². The van der Waals surface area contributed by atoms with Gasteiger partial charge in [0.25, 0.3) is 0 Å². The molecular formula is C17H18ClNO5S. The molecule has 2 aromatic rings. The molecule has 0 aliphatic carbocycles. The van der Waals surface area contributed by atoms with E-state index >= 15 is 0 Å². The van der Waals surface area contributed by atoms with Gasteiger partial charge in [0, 0.05) is 5.02 Å². The summed E-state index contributed by atoms with van der Waals surface area (Å²) in [5, 5.41) is 9.74. The zero-order chi connectivity index (χ0) is 18.4. The Morgan fingerprint density at radius 3 is 2.32 bits per heavy atom. The van der Waals surface area contributed by atoms with Crippen LogP contribution in [0.1, 0.15) is 12.5 Å². The zero-order valence-corrected chi connectivity index (χ0v) is 15.0. The number of hydrogen-bond acceptors (Lipinski definition) is 5. The van der Waals surface area contributed by atoms with Crippen molar-refractivity contribution in [3.8, 4) is 5.75 Å². The first-order valence-corrected chi connectivity index (χ1v) is 9.40. The van der Waals surface area contributed by atoms with Crippen molar-refractivity contribution in [2.45, 2.75) is 24.3 Å². The molecule has 2 rings (SSSR count). The number of rotatable bonds is 7. The Morgan fingerprint density at radius 2 is 1.76 bits per heavy atom. The van der Waals surface area contributed by atoms with Crippen LogP contribution in [-0.2, 0) is 26.0 Å². The SMILES string of the molecule is CCOC(=O)C(Cc1ccc(O)cc1)NS(=O)(=O)c1ccc(Cl)cc1. The molecule has 2 N–H and O–H groups in total. The number of phenols is 1.